The third-order valence-electron chi connectivity index (χ3n) is 3.08. The van der Waals surface area contributed by atoms with Gasteiger partial charge in [0.1, 0.15) is 0 Å². The number of carbonyl (C=O) groups excluding carboxylic acids is 1. The molecule has 24 heavy (non-hydrogen) atoms. The van der Waals surface area contributed by atoms with Crippen LogP contribution in [0.4, 0.5) is 14.5 Å². The van der Waals surface area contributed by atoms with Crippen LogP contribution in [0.5, 0.6) is 0 Å². The standard InChI is InChI=1S/C17H18F2N2OS2/c1-2-9-21(11-15-4-3-10-23-15)12-16(22)20-13-5-7-14(8-6-13)24-17(18)19/h2-8,10,17H,1,9,11-12H2,(H,20,22). The Labute approximate surface area is 148 Å². The fourth-order valence-corrected chi connectivity index (χ4v) is 3.36. The largest absolute Gasteiger partial charge is 0.325 e. The topological polar surface area (TPSA) is 32.3 Å². The average molecular weight is 368 g/mol. The van der Waals surface area contributed by atoms with E-state index in [0.29, 0.717) is 35.4 Å². The molecule has 128 valence electrons. The quantitative estimate of drug-likeness (QED) is 0.515. The third-order valence-corrected chi connectivity index (χ3v) is 4.66. The van der Waals surface area contributed by atoms with Crippen molar-refractivity contribution >= 4 is 34.7 Å². The third kappa shape index (κ3) is 6.43. The Morgan fingerprint density at radius 1 is 1.33 bits per heavy atom. The summed E-state index contributed by atoms with van der Waals surface area (Å²) in [6.45, 7) is 5.24. The number of anilines is 1. The number of rotatable bonds is 9. The van der Waals surface area contributed by atoms with Crippen molar-refractivity contribution < 1.29 is 13.6 Å². The van der Waals surface area contributed by atoms with Gasteiger partial charge in [0.05, 0.1) is 6.54 Å². The van der Waals surface area contributed by atoms with Crippen LogP contribution in [0.1, 0.15) is 4.88 Å². The summed E-state index contributed by atoms with van der Waals surface area (Å²) in [4.78, 5) is 15.8. The first-order valence-electron chi connectivity index (χ1n) is 7.27. The Morgan fingerprint density at radius 2 is 2.08 bits per heavy atom. The highest BCUT2D eigenvalue weighted by atomic mass is 32.2. The molecule has 0 unspecified atom stereocenters. The second-order valence-corrected chi connectivity index (χ2v) is 7.08. The molecule has 0 bridgehead atoms. The molecule has 2 rings (SSSR count). The van der Waals surface area contributed by atoms with Crippen LogP contribution in [-0.2, 0) is 11.3 Å². The maximum Gasteiger partial charge on any atom is 0.288 e. The number of thioether (sulfide) groups is 1. The lowest BCUT2D eigenvalue weighted by atomic mass is 10.3. The van der Waals surface area contributed by atoms with Gasteiger partial charge in [-0.25, -0.2) is 0 Å². The van der Waals surface area contributed by atoms with E-state index in [9.17, 15) is 13.6 Å². The molecular formula is C17H18F2N2OS2. The molecule has 0 aliphatic carbocycles. The van der Waals surface area contributed by atoms with Gasteiger partial charge in [0.25, 0.3) is 5.76 Å². The molecule has 0 radical (unpaired) electrons. The van der Waals surface area contributed by atoms with Crippen LogP contribution < -0.4 is 5.32 Å². The Balaban J connectivity index is 1.89. The number of nitrogens with one attached hydrogen (secondary N) is 1. The number of carbonyl (C=O) groups is 1. The van der Waals surface area contributed by atoms with Gasteiger partial charge in [0.15, 0.2) is 0 Å². The number of alkyl halides is 2. The van der Waals surface area contributed by atoms with Gasteiger partial charge < -0.3 is 5.32 Å². The van der Waals surface area contributed by atoms with Crippen LogP contribution in [0.25, 0.3) is 0 Å². The summed E-state index contributed by atoms with van der Waals surface area (Å²) < 4.78 is 24.6. The summed E-state index contributed by atoms with van der Waals surface area (Å²) in [7, 11) is 0. The predicted octanol–water partition coefficient (Wildman–Crippen LogP) is 4.69. The lowest BCUT2D eigenvalue weighted by molar-refractivity contribution is -0.117. The lowest BCUT2D eigenvalue weighted by Gasteiger charge is -2.19. The first-order valence-corrected chi connectivity index (χ1v) is 9.03. The van der Waals surface area contributed by atoms with E-state index in [2.05, 4.69) is 11.9 Å². The van der Waals surface area contributed by atoms with Gasteiger partial charge in [-0.3, -0.25) is 9.69 Å². The minimum Gasteiger partial charge on any atom is -0.325 e. The number of thiophene rings is 1. The molecule has 0 spiro atoms. The maximum atomic E-state index is 12.3. The smallest absolute Gasteiger partial charge is 0.288 e. The highest BCUT2D eigenvalue weighted by Gasteiger charge is 2.11. The lowest BCUT2D eigenvalue weighted by Crippen LogP contribution is -2.32. The van der Waals surface area contributed by atoms with Crippen LogP contribution in [0.2, 0.25) is 0 Å². The molecule has 3 nitrogen and oxygen atoms in total. The van der Waals surface area contributed by atoms with E-state index < -0.39 is 5.76 Å². The number of benzene rings is 1. The number of hydrogen-bond donors (Lipinski definition) is 1. The van der Waals surface area contributed by atoms with Crippen LogP contribution in [-0.4, -0.2) is 29.7 Å². The molecule has 1 amide bonds. The molecule has 1 aromatic heterocycles. The molecule has 1 heterocycles. The van der Waals surface area contributed by atoms with Gasteiger partial charge in [-0.2, -0.15) is 8.78 Å². The minimum absolute atomic E-state index is 0.150. The minimum atomic E-state index is -2.45. The zero-order chi connectivity index (χ0) is 17.4. The van der Waals surface area contributed by atoms with E-state index in [4.69, 9.17) is 0 Å². The number of amides is 1. The highest BCUT2D eigenvalue weighted by Crippen LogP contribution is 2.26. The monoisotopic (exact) mass is 368 g/mol. The summed E-state index contributed by atoms with van der Waals surface area (Å²) in [5, 5.41) is 4.78. The van der Waals surface area contributed by atoms with Crippen LogP contribution in [0.3, 0.4) is 0 Å². The summed E-state index contributed by atoms with van der Waals surface area (Å²) >= 11 is 2.12. The van der Waals surface area contributed by atoms with Crippen molar-refractivity contribution in [1.82, 2.24) is 4.90 Å². The fourth-order valence-electron chi connectivity index (χ4n) is 2.11. The molecule has 1 N–H and O–H groups in total. The van der Waals surface area contributed by atoms with Crippen molar-refractivity contribution in [3.63, 3.8) is 0 Å². The highest BCUT2D eigenvalue weighted by molar-refractivity contribution is 7.99. The number of nitrogens with zero attached hydrogens (tertiary/aromatic N) is 1. The molecule has 7 heteroatoms. The summed E-state index contributed by atoms with van der Waals surface area (Å²) in [6, 6.07) is 10.4. The second kappa shape index (κ2) is 9.56. The van der Waals surface area contributed by atoms with Crippen molar-refractivity contribution in [2.24, 2.45) is 0 Å². The van der Waals surface area contributed by atoms with Crippen molar-refractivity contribution in [2.75, 3.05) is 18.4 Å². The summed E-state index contributed by atoms with van der Waals surface area (Å²) in [5.74, 6) is -2.60. The number of hydrogen-bond acceptors (Lipinski definition) is 4. The molecular weight excluding hydrogens is 350 g/mol. The molecule has 0 saturated heterocycles. The van der Waals surface area contributed by atoms with Crippen molar-refractivity contribution in [3.05, 3.63) is 59.3 Å². The van der Waals surface area contributed by atoms with E-state index >= 15 is 0 Å². The Hall–Kier alpha value is -1.70. The zero-order valence-electron chi connectivity index (χ0n) is 13.0. The van der Waals surface area contributed by atoms with Gasteiger partial charge in [0, 0.05) is 28.5 Å². The van der Waals surface area contributed by atoms with Gasteiger partial charge in [-0.1, -0.05) is 23.9 Å². The SMILES string of the molecule is C=CCN(CC(=O)Nc1ccc(SC(F)F)cc1)Cc1cccs1. The van der Waals surface area contributed by atoms with Gasteiger partial charge >= 0.3 is 0 Å². The van der Waals surface area contributed by atoms with Crippen LogP contribution in [0.15, 0.2) is 59.3 Å². The van der Waals surface area contributed by atoms with Crippen LogP contribution in [0, 0.1) is 0 Å². The van der Waals surface area contributed by atoms with Crippen LogP contribution >= 0.6 is 23.1 Å². The molecule has 0 saturated carbocycles. The molecule has 2 aromatic rings. The van der Waals surface area contributed by atoms with Gasteiger partial charge in [-0.15, -0.1) is 17.9 Å². The van der Waals surface area contributed by atoms with Crippen molar-refractivity contribution in [3.8, 4) is 0 Å². The Bertz CT molecular complexity index is 645. The van der Waals surface area contributed by atoms with E-state index in [1.165, 1.54) is 4.88 Å². The first kappa shape index (κ1) is 18.6. The first-order chi connectivity index (χ1) is 11.6. The van der Waals surface area contributed by atoms with E-state index in [0.717, 1.165) is 0 Å². The van der Waals surface area contributed by atoms with Crippen molar-refractivity contribution in [1.29, 1.82) is 0 Å². The summed E-state index contributed by atoms with van der Waals surface area (Å²) in [5.41, 5.74) is 0.591. The average Bonchev–Trinajstić information content (AvgIpc) is 3.02. The number of halogens is 2. The van der Waals surface area contributed by atoms with Gasteiger partial charge in [-0.05, 0) is 35.7 Å². The molecule has 0 aliphatic rings. The molecule has 0 fully saturated rings. The fraction of sp³-hybridized carbons (Fsp3) is 0.235. The second-order valence-electron chi connectivity index (χ2n) is 4.99. The van der Waals surface area contributed by atoms with E-state index in [-0.39, 0.29) is 12.5 Å². The van der Waals surface area contributed by atoms with E-state index in [1.807, 2.05) is 22.4 Å². The molecule has 0 atom stereocenters. The predicted molar refractivity (Wildman–Crippen MR) is 96.7 cm³/mol. The molecule has 0 aliphatic heterocycles. The van der Waals surface area contributed by atoms with Crippen molar-refractivity contribution in [2.45, 2.75) is 17.2 Å². The molecule has 1 aromatic carbocycles. The Morgan fingerprint density at radius 3 is 2.67 bits per heavy atom. The van der Waals surface area contributed by atoms with Gasteiger partial charge in [0.2, 0.25) is 5.91 Å². The zero-order valence-corrected chi connectivity index (χ0v) is 14.6. The summed E-state index contributed by atoms with van der Waals surface area (Å²) in [6.07, 6.45) is 1.76. The normalized spacial score (nSPS) is 11.0. The maximum absolute atomic E-state index is 12.3. The van der Waals surface area contributed by atoms with E-state index in [1.54, 1.807) is 41.7 Å². The Kier molecular flexibility index (Phi) is 7.42.